The Morgan fingerprint density at radius 1 is 1.60 bits per heavy atom. The van der Waals surface area contributed by atoms with E-state index in [-0.39, 0.29) is 5.97 Å². The average molecular weight is 269 g/mol. The second-order valence-corrected chi connectivity index (χ2v) is 3.78. The highest BCUT2D eigenvalue weighted by molar-refractivity contribution is 9.10. The molecular formula is C10H9BrN2O2. The summed E-state index contributed by atoms with van der Waals surface area (Å²) in [5, 5.41) is 7.71. The third-order valence-electron chi connectivity index (χ3n) is 2.02. The number of carbonyl (C=O) groups is 1. The zero-order chi connectivity index (χ0) is 10.8. The molecule has 0 saturated carbocycles. The third kappa shape index (κ3) is 1.87. The van der Waals surface area contributed by atoms with Crippen molar-refractivity contribution < 1.29 is 9.53 Å². The van der Waals surface area contributed by atoms with Crippen LogP contribution in [0.25, 0.3) is 10.9 Å². The Kier molecular flexibility index (Phi) is 2.73. The van der Waals surface area contributed by atoms with Crippen LogP contribution in [0.15, 0.2) is 22.8 Å². The van der Waals surface area contributed by atoms with Gasteiger partial charge in [0.1, 0.15) is 4.60 Å². The average Bonchev–Trinajstić information content (AvgIpc) is 2.60. The highest BCUT2D eigenvalue weighted by atomic mass is 79.9. The van der Waals surface area contributed by atoms with Crippen LogP contribution in [0.3, 0.4) is 0 Å². The highest BCUT2D eigenvalue weighted by Gasteiger charge is 2.09. The highest BCUT2D eigenvalue weighted by Crippen LogP contribution is 2.22. The first-order valence-corrected chi connectivity index (χ1v) is 5.32. The van der Waals surface area contributed by atoms with Crippen molar-refractivity contribution in [2.75, 3.05) is 6.61 Å². The number of H-pyrrole nitrogens is 1. The molecule has 0 spiro atoms. The maximum Gasteiger partial charge on any atom is 0.338 e. The number of hydrogen-bond acceptors (Lipinski definition) is 3. The fraction of sp³-hybridized carbons (Fsp3) is 0.200. The second-order valence-electron chi connectivity index (χ2n) is 2.99. The van der Waals surface area contributed by atoms with Crippen LogP contribution in [0.5, 0.6) is 0 Å². The van der Waals surface area contributed by atoms with Gasteiger partial charge in [0.25, 0.3) is 0 Å². The smallest absolute Gasteiger partial charge is 0.338 e. The van der Waals surface area contributed by atoms with Gasteiger partial charge < -0.3 is 4.74 Å². The van der Waals surface area contributed by atoms with Gasteiger partial charge in [-0.3, -0.25) is 5.10 Å². The number of esters is 1. The summed E-state index contributed by atoms with van der Waals surface area (Å²) >= 11 is 3.32. The van der Waals surface area contributed by atoms with Crippen molar-refractivity contribution in [3.63, 3.8) is 0 Å². The van der Waals surface area contributed by atoms with E-state index >= 15 is 0 Å². The molecule has 4 nitrogen and oxygen atoms in total. The zero-order valence-electron chi connectivity index (χ0n) is 8.08. The van der Waals surface area contributed by atoms with E-state index in [0.717, 1.165) is 15.5 Å². The molecule has 0 aliphatic rings. The van der Waals surface area contributed by atoms with Gasteiger partial charge in [0.05, 0.1) is 17.7 Å². The molecule has 0 bridgehead atoms. The number of ether oxygens (including phenoxy) is 1. The summed E-state index contributed by atoms with van der Waals surface area (Å²) in [7, 11) is 0. The molecule has 5 heteroatoms. The van der Waals surface area contributed by atoms with Gasteiger partial charge >= 0.3 is 5.97 Å². The van der Waals surface area contributed by atoms with E-state index < -0.39 is 0 Å². The molecule has 0 radical (unpaired) electrons. The maximum atomic E-state index is 11.5. The Morgan fingerprint density at radius 3 is 3.13 bits per heavy atom. The number of nitrogens with one attached hydrogen (secondary N) is 1. The predicted molar refractivity (Wildman–Crippen MR) is 59.8 cm³/mol. The predicted octanol–water partition coefficient (Wildman–Crippen LogP) is 2.50. The Morgan fingerprint density at radius 2 is 2.40 bits per heavy atom. The summed E-state index contributed by atoms with van der Waals surface area (Å²) in [6.07, 6.45) is 0. The van der Waals surface area contributed by atoms with Crippen LogP contribution in [0.1, 0.15) is 17.3 Å². The molecule has 0 atom stereocenters. The molecule has 1 aromatic heterocycles. The SMILES string of the molecule is CCOC(=O)c1ccc2n[nH]c(Br)c2c1. The largest absolute Gasteiger partial charge is 0.462 e. The molecule has 0 unspecified atom stereocenters. The van der Waals surface area contributed by atoms with Crippen LogP contribution in [-0.4, -0.2) is 22.8 Å². The van der Waals surface area contributed by atoms with E-state index in [9.17, 15) is 4.79 Å². The monoisotopic (exact) mass is 268 g/mol. The van der Waals surface area contributed by atoms with Crippen LogP contribution in [0, 0.1) is 0 Å². The van der Waals surface area contributed by atoms with E-state index in [1.165, 1.54) is 0 Å². The normalized spacial score (nSPS) is 10.5. The van der Waals surface area contributed by atoms with Crippen LogP contribution >= 0.6 is 15.9 Å². The van der Waals surface area contributed by atoms with Crippen LogP contribution < -0.4 is 0 Å². The first-order chi connectivity index (χ1) is 7.22. The van der Waals surface area contributed by atoms with Crippen molar-refractivity contribution in [1.29, 1.82) is 0 Å². The molecule has 0 fully saturated rings. The molecule has 78 valence electrons. The number of rotatable bonds is 2. The van der Waals surface area contributed by atoms with Crippen molar-refractivity contribution in [1.82, 2.24) is 10.2 Å². The summed E-state index contributed by atoms with van der Waals surface area (Å²) < 4.78 is 5.68. The topological polar surface area (TPSA) is 55.0 Å². The zero-order valence-corrected chi connectivity index (χ0v) is 9.67. The number of fused-ring (bicyclic) bond motifs is 1. The molecule has 2 aromatic rings. The van der Waals surface area contributed by atoms with Gasteiger partial charge in [-0.15, -0.1) is 0 Å². The number of carbonyl (C=O) groups excluding carboxylic acids is 1. The number of aromatic nitrogens is 2. The van der Waals surface area contributed by atoms with Gasteiger partial charge in [-0.25, -0.2) is 4.79 Å². The first kappa shape index (κ1) is 10.2. The van der Waals surface area contributed by atoms with Gasteiger partial charge in [-0.1, -0.05) is 0 Å². The van der Waals surface area contributed by atoms with E-state index in [2.05, 4.69) is 26.1 Å². The number of hydrogen-bond donors (Lipinski definition) is 1. The fourth-order valence-electron chi connectivity index (χ4n) is 1.32. The summed E-state index contributed by atoms with van der Waals surface area (Å²) in [4.78, 5) is 11.5. The molecule has 1 N–H and O–H groups in total. The molecule has 0 amide bonds. The molecule has 0 aliphatic heterocycles. The van der Waals surface area contributed by atoms with Crippen molar-refractivity contribution in [2.45, 2.75) is 6.92 Å². The molecule has 1 heterocycles. The van der Waals surface area contributed by atoms with Gasteiger partial charge in [0.2, 0.25) is 0 Å². The van der Waals surface area contributed by atoms with Crippen LogP contribution in [0.4, 0.5) is 0 Å². The lowest BCUT2D eigenvalue weighted by molar-refractivity contribution is 0.0526. The van der Waals surface area contributed by atoms with Gasteiger partial charge in [0.15, 0.2) is 0 Å². The minimum Gasteiger partial charge on any atom is -0.462 e. The van der Waals surface area contributed by atoms with Crippen LogP contribution in [0.2, 0.25) is 0 Å². The van der Waals surface area contributed by atoms with Crippen molar-refractivity contribution >= 4 is 32.8 Å². The van der Waals surface area contributed by atoms with Crippen molar-refractivity contribution in [3.05, 3.63) is 28.4 Å². The van der Waals surface area contributed by atoms with Crippen molar-refractivity contribution in [2.24, 2.45) is 0 Å². The van der Waals surface area contributed by atoms with Gasteiger partial charge in [-0.2, -0.15) is 5.10 Å². The molecule has 15 heavy (non-hydrogen) atoms. The van der Waals surface area contributed by atoms with E-state index in [1.807, 2.05) is 0 Å². The summed E-state index contributed by atoms with van der Waals surface area (Å²) in [6.45, 7) is 2.16. The van der Waals surface area contributed by atoms with E-state index in [1.54, 1.807) is 25.1 Å². The lowest BCUT2D eigenvalue weighted by atomic mass is 10.2. The minimum absolute atomic E-state index is 0.312. The Bertz CT molecular complexity index is 507. The maximum absolute atomic E-state index is 11.5. The van der Waals surface area contributed by atoms with Crippen molar-refractivity contribution in [3.8, 4) is 0 Å². The third-order valence-corrected chi connectivity index (χ3v) is 2.62. The van der Waals surface area contributed by atoms with E-state index in [0.29, 0.717) is 12.2 Å². The summed E-state index contributed by atoms with van der Waals surface area (Å²) in [6, 6.07) is 5.23. The molecule has 1 aromatic carbocycles. The number of halogens is 1. The number of nitrogens with zero attached hydrogens (tertiary/aromatic N) is 1. The Labute approximate surface area is 94.7 Å². The summed E-state index contributed by atoms with van der Waals surface area (Å²) in [5.41, 5.74) is 1.35. The molecule has 0 saturated heterocycles. The minimum atomic E-state index is -0.312. The number of benzene rings is 1. The van der Waals surface area contributed by atoms with Crippen LogP contribution in [-0.2, 0) is 4.74 Å². The second kappa shape index (κ2) is 4.02. The quantitative estimate of drug-likeness (QED) is 0.852. The molecule has 2 rings (SSSR count). The first-order valence-electron chi connectivity index (χ1n) is 4.53. The molecular weight excluding hydrogens is 260 g/mol. The fourth-order valence-corrected chi connectivity index (χ4v) is 1.73. The Balaban J connectivity index is 2.45. The lowest BCUT2D eigenvalue weighted by Crippen LogP contribution is -2.03. The van der Waals surface area contributed by atoms with E-state index in [4.69, 9.17) is 4.74 Å². The molecule has 0 aliphatic carbocycles. The standard InChI is InChI=1S/C10H9BrN2O2/c1-2-15-10(14)6-3-4-8-7(5-6)9(11)13-12-8/h3-5H,2H2,1H3,(H,12,13). The van der Waals surface area contributed by atoms with Gasteiger partial charge in [-0.05, 0) is 41.1 Å². The summed E-state index contributed by atoms with van der Waals surface area (Å²) in [5.74, 6) is -0.312. The van der Waals surface area contributed by atoms with Gasteiger partial charge in [0, 0.05) is 5.39 Å². The number of aromatic amines is 1. The Hall–Kier alpha value is -1.36. The lowest BCUT2D eigenvalue weighted by Gasteiger charge is -2.00.